The normalized spacial score (nSPS) is 20.2. The molecule has 8 heteroatoms. The van der Waals surface area contributed by atoms with Crippen molar-refractivity contribution in [2.24, 2.45) is 0 Å². The molecule has 0 bridgehead atoms. The van der Waals surface area contributed by atoms with Crippen molar-refractivity contribution in [1.82, 2.24) is 10.6 Å². The average molecular weight is 438 g/mol. The van der Waals surface area contributed by atoms with Crippen LogP contribution in [0.5, 0.6) is 0 Å². The Kier molecular flexibility index (Phi) is 6.41. The first-order valence-electron chi connectivity index (χ1n) is 10.7. The topological polar surface area (TPSA) is 114 Å². The quantitative estimate of drug-likeness (QED) is 0.612. The number of ether oxygens (including phenoxy) is 2. The van der Waals surface area contributed by atoms with Crippen LogP contribution in [-0.2, 0) is 19.1 Å². The first-order valence-corrected chi connectivity index (χ1v) is 10.7. The number of carboxylic acids is 1. The summed E-state index contributed by atoms with van der Waals surface area (Å²) in [6.07, 6.45) is -1.22. The molecule has 3 atom stereocenters. The summed E-state index contributed by atoms with van der Waals surface area (Å²) < 4.78 is 11.0. The molecule has 2 amide bonds. The second-order valence-electron chi connectivity index (χ2n) is 8.16. The molecule has 32 heavy (non-hydrogen) atoms. The summed E-state index contributed by atoms with van der Waals surface area (Å²) in [5, 5.41) is 14.2. The zero-order valence-corrected chi connectivity index (χ0v) is 17.7. The van der Waals surface area contributed by atoms with Gasteiger partial charge in [0.2, 0.25) is 0 Å². The van der Waals surface area contributed by atoms with Gasteiger partial charge in [-0.3, -0.25) is 9.59 Å². The molecule has 0 aromatic heterocycles. The Bertz CT molecular complexity index is 978. The highest BCUT2D eigenvalue weighted by Gasteiger charge is 2.36. The number of benzene rings is 2. The van der Waals surface area contributed by atoms with Crippen LogP contribution in [0.1, 0.15) is 36.8 Å². The van der Waals surface area contributed by atoms with Crippen LogP contribution < -0.4 is 10.6 Å². The van der Waals surface area contributed by atoms with Gasteiger partial charge >= 0.3 is 12.1 Å². The van der Waals surface area contributed by atoms with Crippen LogP contribution >= 0.6 is 0 Å². The second kappa shape index (κ2) is 9.40. The van der Waals surface area contributed by atoms with Gasteiger partial charge in [-0.15, -0.1) is 0 Å². The van der Waals surface area contributed by atoms with E-state index in [2.05, 4.69) is 22.8 Å². The predicted molar refractivity (Wildman–Crippen MR) is 116 cm³/mol. The Balaban J connectivity index is 1.35. The SMILES string of the molecule is C[C@H](CC(=O)O)NC(=O)[C@H]1OCC[C@H]1NC(=O)OCC1c2ccccc2-c2ccccc21. The van der Waals surface area contributed by atoms with Crippen molar-refractivity contribution in [3.63, 3.8) is 0 Å². The van der Waals surface area contributed by atoms with E-state index in [4.69, 9.17) is 14.6 Å². The Morgan fingerprint density at radius 1 is 1.09 bits per heavy atom. The number of carbonyl (C=O) groups excluding carboxylic acids is 2. The van der Waals surface area contributed by atoms with Gasteiger partial charge in [0.25, 0.3) is 5.91 Å². The lowest BCUT2D eigenvalue weighted by Crippen LogP contribution is -2.50. The molecule has 2 aromatic rings. The van der Waals surface area contributed by atoms with Crippen LogP contribution in [-0.4, -0.2) is 54.5 Å². The van der Waals surface area contributed by atoms with E-state index in [-0.39, 0.29) is 18.9 Å². The summed E-state index contributed by atoms with van der Waals surface area (Å²) in [6.45, 7) is 2.11. The number of amides is 2. The molecule has 1 fully saturated rings. The first kappa shape index (κ1) is 21.8. The van der Waals surface area contributed by atoms with Crippen molar-refractivity contribution in [2.75, 3.05) is 13.2 Å². The van der Waals surface area contributed by atoms with Crippen molar-refractivity contribution in [2.45, 2.75) is 43.9 Å². The third kappa shape index (κ3) is 4.60. The average Bonchev–Trinajstić information content (AvgIpc) is 3.34. The number of alkyl carbamates (subject to hydrolysis) is 1. The highest BCUT2D eigenvalue weighted by Crippen LogP contribution is 2.44. The molecule has 1 heterocycles. The molecule has 0 saturated carbocycles. The summed E-state index contributed by atoms with van der Waals surface area (Å²) in [5.74, 6) is -1.50. The van der Waals surface area contributed by atoms with Crippen molar-refractivity contribution < 1.29 is 29.0 Å². The van der Waals surface area contributed by atoms with Gasteiger partial charge in [-0.25, -0.2) is 4.79 Å². The molecular formula is C24H26N2O6. The third-order valence-electron chi connectivity index (χ3n) is 5.87. The molecule has 0 radical (unpaired) electrons. The van der Waals surface area contributed by atoms with E-state index >= 15 is 0 Å². The molecule has 8 nitrogen and oxygen atoms in total. The van der Waals surface area contributed by atoms with E-state index < -0.39 is 36.2 Å². The second-order valence-corrected chi connectivity index (χ2v) is 8.16. The number of fused-ring (bicyclic) bond motifs is 3. The van der Waals surface area contributed by atoms with E-state index in [1.54, 1.807) is 6.92 Å². The lowest BCUT2D eigenvalue weighted by molar-refractivity contribution is -0.138. The fourth-order valence-corrected chi connectivity index (χ4v) is 4.43. The minimum Gasteiger partial charge on any atom is -0.481 e. The Morgan fingerprint density at radius 3 is 2.34 bits per heavy atom. The van der Waals surface area contributed by atoms with Crippen LogP contribution in [0.2, 0.25) is 0 Å². The van der Waals surface area contributed by atoms with E-state index in [0.29, 0.717) is 13.0 Å². The maximum atomic E-state index is 12.5. The molecule has 0 unspecified atom stereocenters. The van der Waals surface area contributed by atoms with Crippen molar-refractivity contribution in [1.29, 1.82) is 0 Å². The third-order valence-corrected chi connectivity index (χ3v) is 5.87. The fourth-order valence-electron chi connectivity index (χ4n) is 4.43. The smallest absolute Gasteiger partial charge is 0.407 e. The lowest BCUT2D eigenvalue weighted by atomic mass is 9.98. The minimum atomic E-state index is -1.00. The lowest BCUT2D eigenvalue weighted by Gasteiger charge is -2.21. The van der Waals surface area contributed by atoms with Gasteiger partial charge in [-0.05, 0) is 35.6 Å². The summed E-state index contributed by atoms with van der Waals surface area (Å²) in [4.78, 5) is 35.8. The molecule has 1 aliphatic carbocycles. The van der Waals surface area contributed by atoms with Crippen molar-refractivity contribution in [3.8, 4) is 11.1 Å². The van der Waals surface area contributed by atoms with Crippen LogP contribution in [0.4, 0.5) is 4.79 Å². The molecule has 168 valence electrons. The van der Waals surface area contributed by atoms with Gasteiger partial charge in [-0.1, -0.05) is 48.5 Å². The number of hydrogen-bond donors (Lipinski definition) is 3. The van der Waals surface area contributed by atoms with Crippen LogP contribution in [0.3, 0.4) is 0 Å². The van der Waals surface area contributed by atoms with Crippen molar-refractivity contribution >= 4 is 18.0 Å². The number of carboxylic acid groups (broad SMARTS) is 1. The number of carbonyl (C=O) groups is 3. The van der Waals surface area contributed by atoms with Gasteiger partial charge < -0.3 is 25.2 Å². The molecule has 1 aliphatic heterocycles. The first-order chi connectivity index (χ1) is 15.4. The molecule has 2 aliphatic rings. The van der Waals surface area contributed by atoms with Gasteiger partial charge in [-0.2, -0.15) is 0 Å². The van der Waals surface area contributed by atoms with Crippen molar-refractivity contribution in [3.05, 3.63) is 59.7 Å². The molecule has 0 spiro atoms. The van der Waals surface area contributed by atoms with Gasteiger partial charge in [0, 0.05) is 18.6 Å². The number of hydrogen-bond acceptors (Lipinski definition) is 5. The zero-order valence-electron chi connectivity index (χ0n) is 17.7. The molecule has 1 saturated heterocycles. The standard InChI is InChI=1S/C24H26N2O6/c1-14(12-21(27)28)25-23(29)22-20(10-11-31-22)26-24(30)32-13-19-17-8-4-2-6-15(17)16-7-3-5-9-18(16)19/h2-9,14,19-20,22H,10-13H2,1H3,(H,25,29)(H,26,30)(H,27,28)/t14-,20-,22+/m1/s1. The van der Waals surface area contributed by atoms with E-state index in [9.17, 15) is 14.4 Å². The summed E-state index contributed by atoms with van der Waals surface area (Å²) in [6, 6.07) is 15.1. The number of nitrogens with one attached hydrogen (secondary N) is 2. The predicted octanol–water partition coefficient (Wildman–Crippen LogP) is 2.66. The molecule has 4 rings (SSSR count). The maximum Gasteiger partial charge on any atom is 0.407 e. The van der Waals surface area contributed by atoms with E-state index in [1.165, 1.54) is 0 Å². The zero-order chi connectivity index (χ0) is 22.7. The van der Waals surface area contributed by atoms with Gasteiger partial charge in [0.15, 0.2) is 6.10 Å². The highest BCUT2D eigenvalue weighted by molar-refractivity contribution is 5.84. The van der Waals surface area contributed by atoms with E-state index in [1.807, 2.05) is 36.4 Å². The Labute approximate surface area is 185 Å². The Morgan fingerprint density at radius 2 is 1.72 bits per heavy atom. The molecule has 2 aromatic carbocycles. The monoisotopic (exact) mass is 438 g/mol. The fraction of sp³-hybridized carbons (Fsp3) is 0.375. The van der Waals surface area contributed by atoms with E-state index in [0.717, 1.165) is 22.3 Å². The Hall–Kier alpha value is -3.39. The molecular weight excluding hydrogens is 412 g/mol. The largest absolute Gasteiger partial charge is 0.481 e. The number of rotatable bonds is 7. The minimum absolute atomic E-state index is 0.0519. The van der Waals surface area contributed by atoms with Gasteiger partial charge in [0.1, 0.15) is 6.61 Å². The van der Waals surface area contributed by atoms with Crippen LogP contribution in [0.25, 0.3) is 11.1 Å². The molecule has 3 N–H and O–H groups in total. The maximum absolute atomic E-state index is 12.5. The summed E-state index contributed by atoms with van der Waals surface area (Å²) in [5.41, 5.74) is 4.53. The van der Waals surface area contributed by atoms with Gasteiger partial charge in [0.05, 0.1) is 12.5 Å². The number of aliphatic carboxylic acids is 1. The van der Waals surface area contributed by atoms with Crippen LogP contribution in [0, 0.1) is 0 Å². The van der Waals surface area contributed by atoms with Crippen LogP contribution in [0.15, 0.2) is 48.5 Å². The highest BCUT2D eigenvalue weighted by atomic mass is 16.6. The summed E-state index contributed by atoms with van der Waals surface area (Å²) >= 11 is 0. The summed E-state index contributed by atoms with van der Waals surface area (Å²) in [7, 11) is 0.